The van der Waals surface area contributed by atoms with Crippen LogP contribution in [0.15, 0.2) is 72.8 Å². The number of carbonyl (C=O) groups excluding carboxylic acids is 1. The molecular formula is C29H29FN2O3. The SMILES string of the molecule is CN(C)CC#Cc1ccc(N2C(=O)[C@H](CC[C@H](O)c3ccc(F)cc3)C2c2ccc(O)cc2)cc1. The number of benzene rings is 3. The lowest BCUT2D eigenvalue weighted by molar-refractivity contribution is -0.131. The molecule has 2 N–H and O–H groups in total. The Labute approximate surface area is 205 Å². The number of aromatic hydroxyl groups is 1. The van der Waals surface area contributed by atoms with Crippen molar-refractivity contribution in [2.75, 3.05) is 25.5 Å². The van der Waals surface area contributed by atoms with Crippen LogP contribution in [0, 0.1) is 23.6 Å². The molecule has 4 rings (SSSR count). The number of hydrogen-bond acceptors (Lipinski definition) is 4. The fourth-order valence-corrected chi connectivity index (χ4v) is 4.36. The van der Waals surface area contributed by atoms with E-state index in [1.54, 1.807) is 29.2 Å². The van der Waals surface area contributed by atoms with Crippen LogP contribution in [0.2, 0.25) is 0 Å². The summed E-state index contributed by atoms with van der Waals surface area (Å²) in [5.41, 5.74) is 3.20. The van der Waals surface area contributed by atoms with E-state index in [4.69, 9.17) is 0 Å². The number of phenols is 1. The molecule has 3 aromatic rings. The van der Waals surface area contributed by atoms with Crippen LogP contribution >= 0.6 is 0 Å². The minimum atomic E-state index is -0.780. The Balaban J connectivity index is 1.52. The number of rotatable bonds is 7. The van der Waals surface area contributed by atoms with Crippen molar-refractivity contribution in [1.82, 2.24) is 4.90 Å². The Hall–Kier alpha value is -3.66. The van der Waals surface area contributed by atoms with Gasteiger partial charge in [0.25, 0.3) is 0 Å². The minimum Gasteiger partial charge on any atom is -0.508 e. The van der Waals surface area contributed by atoms with E-state index in [0.29, 0.717) is 24.9 Å². The first-order valence-electron chi connectivity index (χ1n) is 11.6. The number of amides is 1. The van der Waals surface area contributed by atoms with Gasteiger partial charge in [0.2, 0.25) is 5.91 Å². The molecule has 6 heteroatoms. The van der Waals surface area contributed by atoms with Crippen molar-refractivity contribution in [3.8, 4) is 17.6 Å². The first-order chi connectivity index (χ1) is 16.8. The second kappa shape index (κ2) is 10.7. The van der Waals surface area contributed by atoms with Crippen molar-refractivity contribution in [1.29, 1.82) is 0 Å². The number of nitrogens with zero attached hydrogens (tertiary/aromatic N) is 2. The fourth-order valence-electron chi connectivity index (χ4n) is 4.36. The lowest BCUT2D eigenvalue weighted by Gasteiger charge is -2.48. The molecule has 1 unspecified atom stereocenters. The van der Waals surface area contributed by atoms with Gasteiger partial charge in [0, 0.05) is 11.3 Å². The molecule has 1 aliphatic rings. The zero-order chi connectivity index (χ0) is 24.9. The number of aliphatic hydroxyl groups is 1. The zero-order valence-corrected chi connectivity index (χ0v) is 19.9. The molecule has 1 aliphatic heterocycles. The molecule has 1 amide bonds. The number of anilines is 1. The third-order valence-electron chi connectivity index (χ3n) is 6.23. The molecule has 0 aromatic heterocycles. The lowest BCUT2D eigenvalue weighted by atomic mass is 9.78. The standard InChI is InChI=1S/C29H29FN2O3/c1-31(2)19-3-4-20-5-13-24(14-6-20)32-28(22-9-15-25(33)16-10-22)26(29(32)35)17-18-27(34)21-7-11-23(30)12-8-21/h5-16,26-28,33-34H,17-19H2,1-2H3/t26-,27+,28?/m1/s1. The summed E-state index contributed by atoms with van der Waals surface area (Å²) in [6, 6.07) is 20.0. The van der Waals surface area contributed by atoms with Crippen LogP contribution in [0.4, 0.5) is 10.1 Å². The normalized spacial score (nSPS) is 18.1. The third kappa shape index (κ3) is 5.71. The number of carbonyl (C=O) groups is 1. The van der Waals surface area contributed by atoms with Crippen molar-refractivity contribution in [3.63, 3.8) is 0 Å². The van der Waals surface area contributed by atoms with E-state index >= 15 is 0 Å². The van der Waals surface area contributed by atoms with Gasteiger partial charge in [-0.05, 0) is 86.6 Å². The first-order valence-corrected chi connectivity index (χ1v) is 11.6. The molecule has 3 aromatic carbocycles. The van der Waals surface area contributed by atoms with Crippen molar-refractivity contribution in [2.24, 2.45) is 5.92 Å². The molecule has 0 aliphatic carbocycles. The van der Waals surface area contributed by atoms with E-state index in [1.165, 1.54) is 12.1 Å². The molecule has 180 valence electrons. The van der Waals surface area contributed by atoms with Crippen molar-refractivity contribution in [2.45, 2.75) is 25.0 Å². The highest BCUT2D eigenvalue weighted by molar-refractivity contribution is 6.03. The summed E-state index contributed by atoms with van der Waals surface area (Å²) in [5, 5.41) is 20.3. The van der Waals surface area contributed by atoms with Gasteiger partial charge in [0.1, 0.15) is 11.6 Å². The molecule has 0 radical (unpaired) electrons. The Morgan fingerprint density at radius 1 is 1.00 bits per heavy atom. The molecule has 1 fully saturated rings. The maximum atomic E-state index is 13.3. The van der Waals surface area contributed by atoms with Crippen LogP contribution in [-0.4, -0.2) is 41.7 Å². The third-order valence-corrected chi connectivity index (χ3v) is 6.23. The predicted octanol–water partition coefficient (Wildman–Crippen LogP) is 4.66. The first kappa shape index (κ1) is 24.5. The van der Waals surface area contributed by atoms with E-state index in [2.05, 4.69) is 11.8 Å². The average Bonchev–Trinajstić information content (AvgIpc) is 2.84. The summed E-state index contributed by atoms with van der Waals surface area (Å²) >= 11 is 0. The molecule has 1 saturated heterocycles. The van der Waals surface area contributed by atoms with Crippen molar-refractivity contribution in [3.05, 3.63) is 95.3 Å². The number of hydrogen-bond donors (Lipinski definition) is 2. The predicted molar refractivity (Wildman–Crippen MR) is 134 cm³/mol. The molecule has 0 saturated carbocycles. The zero-order valence-electron chi connectivity index (χ0n) is 19.9. The summed E-state index contributed by atoms with van der Waals surface area (Å²) in [6.07, 6.45) is 0.0798. The maximum absolute atomic E-state index is 13.3. The van der Waals surface area contributed by atoms with Gasteiger partial charge in [-0.1, -0.05) is 36.1 Å². The summed E-state index contributed by atoms with van der Waals surface area (Å²) < 4.78 is 13.2. The smallest absolute Gasteiger partial charge is 0.233 e. The number of halogens is 1. The Morgan fingerprint density at radius 2 is 1.66 bits per heavy atom. The van der Waals surface area contributed by atoms with Gasteiger partial charge in [-0.2, -0.15) is 0 Å². The van der Waals surface area contributed by atoms with Crippen LogP contribution in [-0.2, 0) is 4.79 Å². The van der Waals surface area contributed by atoms with Gasteiger partial charge in [0.05, 0.1) is 24.6 Å². The van der Waals surface area contributed by atoms with E-state index in [1.807, 2.05) is 55.4 Å². The molecular weight excluding hydrogens is 443 g/mol. The van der Waals surface area contributed by atoms with Gasteiger partial charge < -0.3 is 15.1 Å². The Bertz CT molecular complexity index is 1210. The van der Waals surface area contributed by atoms with Gasteiger partial charge >= 0.3 is 0 Å². The van der Waals surface area contributed by atoms with Gasteiger partial charge in [-0.3, -0.25) is 9.69 Å². The van der Waals surface area contributed by atoms with Crippen LogP contribution in [0.3, 0.4) is 0 Å². The molecule has 3 atom stereocenters. The molecule has 35 heavy (non-hydrogen) atoms. The average molecular weight is 473 g/mol. The van der Waals surface area contributed by atoms with Crippen LogP contribution in [0.25, 0.3) is 0 Å². The molecule has 5 nitrogen and oxygen atoms in total. The van der Waals surface area contributed by atoms with E-state index in [0.717, 1.165) is 16.8 Å². The summed E-state index contributed by atoms with van der Waals surface area (Å²) in [6.45, 7) is 0.667. The molecule has 0 bridgehead atoms. The molecule has 0 spiro atoms. The van der Waals surface area contributed by atoms with Crippen LogP contribution < -0.4 is 4.90 Å². The number of aliphatic hydroxyl groups excluding tert-OH is 1. The van der Waals surface area contributed by atoms with Crippen LogP contribution in [0.5, 0.6) is 5.75 Å². The van der Waals surface area contributed by atoms with Crippen molar-refractivity contribution >= 4 is 11.6 Å². The maximum Gasteiger partial charge on any atom is 0.233 e. The van der Waals surface area contributed by atoms with Gasteiger partial charge in [0.15, 0.2) is 0 Å². The second-order valence-electron chi connectivity index (χ2n) is 9.08. The second-order valence-corrected chi connectivity index (χ2v) is 9.08. The summed E-state index contributed by atoms with van der Waals surface area (Å²) in [5.74, 6) is 5.71. The van der Waals surface area contributed by atoms with E-state index in [9.17, 15) is 19.4 Å². The van der Waals surface area contributed by atoms with Crippen molar-refractivity contribution < 1.29 is 19.4 Å². The van der Waals surface area contributed by atoms with Gasteiger partial charge in [-0.15, -0.1) is 0 Å². The lowest BCUT2D eigenvalue weighted by Crippen LogP contribution is -2.55. The van der Waals surface area contributed by atoms with E-state index < -0.39 is 6.10 Å². The van der Waals surface area contributed by atoms with Crippen LogP contribution in [0.1, 0.15) is 41.7 Å². The highest BCUT2D eigenvalue weighted by Gasteiger charge is 2.48. The van der Waals surface area contributed by atoms with Gasteiger partial charge in [-0.25, -0.2) is 4.39 Å². The number of β-lactam (4-membered cyclic amide) rings is 1. The Morgan fingerprint density at radius 3 is 2.29 bits per heavy atom. The summed E-state index contributed by atoms with van der Waals surface area (Å²) in [4.78, 5) is 17.0. The minimum absolute atomic E-state index is 0.0131. The quantitative estimate of drug-likeness (QED) is 0.388. The fraction of sp³-hybridized carbons (Fsp3) is 0.276. The largest absolute Gasteiger partial charge is 0.508 e. The topological polar surface area (TPSA) is 64.0 Å². The Kier molecular flexibility index (Phi) is 7.50. The van der Waals surface area contributed by atoms with E-state index in [-0.39, 0.29) is 29.4 Å². The highest BCUT2D eigenvalue weighted by atomic mass is 19.1. The highest BCUT2D eigenvalue weighted by Crippen LogP contribution is 2.46. The molecule has 1 heterocycles. The monoisotopic (exact) mass is 472 g/mol. The number of phenolic OH excluding ortho intramolecular Hbond substituents is 1. The summed E-state index contributed by atoms with van der Waals surface area (Å²) in [7, 11) is 3.93.